The summed E-state index contributed by atoms with van der Waals surface area (Å²) in [6.45, 7) is 8.70. The predicted molar refractivity (Wildman–Crippen MR) is 156 cm³/mol. The second kappa shape index (κ2) is 15.2. The van der Waals surface area contributed by atoms with Crippen LogP contribution < -0.4 is 5.32 Å². The molecule has 3 atom stereocenters. The summed E-state index contributed by atoms with van der Waals surface area (Å²) in [5.74, 6) is 2.28. The second-order valence-corrected chi connectivity index (χ2v) is 11.9. The van der Waals surface area contributed by atoms with Crippen molar-refractivity contribution in [2.45, 2.75) is 62.8 Å². The minimum atomic E-state index is -0.395. The highest BCUT2D eigenvalue weighted by Gasteiger charge is 2.21. The lowest BCUT2D eigenvalue weighted by Gasteiger charge is -2.35. The first-order valence-corrected chi connectivity index (χ1v) is 14.7. The number of likely N-dealkylation sites (N-methyl/N-ethyl adjacent to an activating group) is 1. The summed E-state index contributed by atoms with van der Waals surface area (Å²) in [6, 6.07) is 14.3. The monoisotopic (exact) mass is 537 g/mol. The van der Waals surface area contributed by atoms with Gasteiger partial charge in [0.05, 0.1) is 6.04 Å². The van der Waals surface area contributed by atoms with E-state index in [1.807, 2.05) is 30.1 Å². The normalized spacial score (nSPS) is 18.8. The van der Waals surface area contributed by atoms with Crippen LogP contribution in [0.25, 0.3) is 0 Å². The number of hydrogen-bond acceptors (Lipinski definition) is 6. The fourth-order valence-corrected chi connectivity index (χ4v) is 6.43. The highest BCUT2D eigenvalue weighted by molar-refractivity contribution is 7.98. The highest BCUT2D eigenvalue weighted by Crippen LogP contribution is 2.30. The van der Waals surface area contributed by atoms with E-state index in [0.29, 0.717) is 18.5 Å². The lowest BCUT2D eigenvalue weighted by Crippen LogP contribution is -2.39. The number of nitrogens with zero attached hydrogens (tertiary/aromatic N) is 2. The molecule has 1 amide bonds. The van der Waals surface area contributed by atoms with Crippen LogP contribution in [0.5, 0.6) is 0 Å². The van der Waals surface area contributed by atoms with Gasteiger partial charge in [0.15, 0.2) is 0 Å². The Balaban J connectivity index is 1.59. The number of rotatable bonds is 14. The van der Waals surface area contributed by atoms with Crippen molar-refractivity contribution in [3.63, 3.8) is 0 Å². The van der Waals surface area contributed by atoms with Crippen molar-refractivity contribution in [1.29, 1.82) is 0 Å². The molecule has 0 aromatic heterocycles. The average Bonchev–Trinajstić information content (AvgIpc) is 2.91. The molecule has 6 nitrogen and oxygen atoms in total. The van der Waals surface area contributed by atoms with Gasteiger partial charge in [-0.15, -0.1) is 11.8 Å². The predicted octanol–water partition coefficient (Wildman–Crippen LogP) is 4.84. The number of benzene rings is 2. The largest absolute Gasteiger partial charge is 0.359 e. The van der Waals surface area contributed by atoms with Gasteiger partial charge >= 0.3 is 0 Å². The van der Waals surface area contributed by atoms with Crippen LogP contribution in [0, 0.1) is 11.8 Å². The molecule has 1 aliphatic rings. The third-order valence-corrected chi connectivity index (χ3v) is 8.62. The average molecular weight is 538 g/mol. The van der Waals surface area contributed by atoms with E-state index in [9.17, 15) is 14.4 Å². The number of carbonyl (C=O) groups excluding carboxylic acids is 3. The van der Waals surface area contributed by atoms with E-state index < -0.39 is 6.04 Å². The van der Waals surface area contributed by atoms with Gasteiger partial charge in [-0.25, -0.2) is 0 Å². The Morgan fingerprint density at radius 2 is 1.79 bits per heavy atom. The molecule has 7 heteroatoms. The van der Waals surface area contributed by atoms with Gasteiger partial charge in [-0.2, -0.15) is 0 Å². The maximum Gasteiger partial charge on any atom is 0.219 e. The zero-order chi connectivity index (χ0) is 27.5. The molecule has 1 saturated heterocycles. The van der Waals surface area contributed by atoms with Gasteiger partial charge in [0.2, 0.25) is 5.91 Å². The molecular weight excluding hydrogens is 494 g/mol. The summed E-state index contributed by atoms with van der Waals surface area (Å²) in [4.78, 5) is 40.8. The quantitative estimate of drug-likeness (QED) is 0.275. The van der Waals surface area contributed by atoms with E-state index in [4.69, 9.17) is 0 Å². The molecule has 38 heavy (non-hydrogen) atoms. The number of piperidine rings is 1. The standard InChI is InChI=1S/C31H43N3O3S/c1-23-16-24(2)18-34(17-23)15-14-25-8-10-26(11-9-25)22-38-30-7-5-6-27(20-35)29(30)19-33(4)28(21-36)12-13-31(37)32-3/h5-11,20-21,23-24,28H,12-19,22H2,1-4H3,(H,32,37). The molecule has 0 bridgehead atoms. The molecule has 3 rings (SSSR count). The van der Waals surface area contributed by atoms with Crippen molar-refractivity contribution in [2.75, 3.05) is 33.7 Å². The third kappa shape index (κ3) is 9.07. The Morgan fingerprint density at radius 1 is 1.11 bits per heavy atom. The number of aldehydes is 2. The third-order valence-electron chi connectivity index (χ3n) is 7.45. The lowest BCUT2D eigenvalue weighted by atomic mass is 9.91. The summed E-state index contributed by atoms with van der Waals surface area (Å²) in [5.41, 5.74) is 4.16. The molecule has 206 valence electrons. The van der Waals surface area contributed by atoms with Gasteiger partial charge < -0.3 is 15.0 Å². The highest BCUT2D eigenvalue weighted by atomic mass is 32.2. The van der Waals surface area contributed by atoms with Crippen LogP contribution in [0.1, 0.15) is 60.2 Å². The van der Waals surface area contributed by atoms with Crippen molar-refractivity contribution in [3.8, 4) is 0 Å². The molecule has 0 saturated carbocycles. The first-order chi connectivity index (χ1) is 18.3. The van der Waals surface area contributed by atoms with Crippen LogP contribution in [-0.2, 0) is 28.3 Å². The molecule has 0 spiro atoms. The molecule has 1 aliphatic heterocycles. The van der Waals surface area contributed by atoms with Gasteiger partial charge in [-0.05, 0) is 60.9 Å². The Morgan fingerprint density at radius 3 is 2.42 bits per heavy atom. The number of hydrogen-bond donors (Lipinski definition) is 1. The van der Waals surface area contributed by atoms with E-state index in [0.717, 1.165) is 53.6 Å². The summed E-state index contributed by atoms with van der Waals surface area (Å²) >= 11 is 1.71. The Kier molecular flexibility index (Phi) is 12.0. The number of nitrogens with one attached hydrogen (secondary N) is 1. The van der Waals surface area contributed by atoms with Gasteiger partial charge in [-0.1, -0.05) is 50.2 Å². The number of likely N-dealkylation sites (tertiary alicyclic amines) is 1. The van der Waals surface area contributed by atoms with E-state index in [1.54, 1.807) is 18.8 Å². The Labute approximate surface area is 232 Å². The van der Waals surface area contributed by atoms with Crippen molar-refractivity contribution in [3.05, 3.63) is 64.7 Å². The zero-order valence-electron chi connectivity index (χ0n) is 23.3. The van der Waals surface area contributed by atoms with E-state index in [2.05, 4.69) is 48.3 Å². The second-order valence-electron chi connectivity index (χ2n) is 10.8. The molecule has 1 fully saturated rings. The summed E-state index contributed by atoms with van der Waals surface area (Å²) < 4.78 is 0. The SMILES string of the molecule is CNC(=O)CCC(C=O)N(C)Cc1c(C=O)cccc1SCc1ccc(CCN2CC(C)CC(C)C2)cc1. The van der Waals surface area contributed by atoms with Gasteiger partial charge in [0.1, 0.15) is 12.6 Å². The Bertz CT molecular complexity index is 1050. The van der Waals surface area contributed by atoms with Gasteiger partial charge in [0.25, 0.3) is 0 Å². The minimum Gasteiger partial charge on any atom is -0.359 e. The van der Waals surface area contributed by atoms with E-state index in [-0.39, 0.29) is 12.3 Å². The molecule has 1 N–H and O–H groups in total. The van der Waals surface area contributed by atoms with Crippen LogP contribution in [0.3, 0.4) is 0 Å². The van der Waals surface area contributed by atoms with Crippen LogP contribution in [0.15, 0.2) is 47.4 Å². The van der Waals surface area contributed by atoms with Gasteiger partial charge in [-0.3, -0.25) is 14.5 Å². The molecule has 1 heterocycles. The zero-order valence-corrected chi connectivity index (χ0v) is 24.1. The number of carbonyl (C=O) groups is 3. The van der Waals surface area contributed by atoms with Crippen LogP contribution in [0.4, 0.5) is 0 Å². The Hall–Kier alpha value is -2.48. The number of thioether (sulfide) groups is 1. The molecule has 3 unspecified atom stereocenters. The van der Waals surface area contributed by atoms with Crippen LogP contribution in [0.2, 0.25) is 0 Å². The molecule has 2 aromatic rings. The lowest BCUT2D eigenvalue weighted by molar-refractivity contribution is -0.121. The fourth-order valence-electron chi connectivity index (χ4n) is 5.39. The maximum atomic E-state index is 11.8. The summed E-state index contributed by atoms with van der Waals surface area (Å²) in [6.07, 6.45) is 4.90. The van der Waals surface area contributed by atoms with E-state index >= 15 is 0 Å². The van der Waals surface area contributed by atoms with Crippen LogP contribution >= 0.6 is 11.8 Å². The van der Waals surface area contributed by atoms with Gasteiger partial charge in [0, 0.05) is 55.9 Å². The van der Waals surface area contributed by atoms with Crippen LogP contribution in [-0.4, -0.2) is 68.1 Å². The van der Waals surface area contributed by atoms with E-state index in [1.165, 1.54) is 30.6 Å². The molecule has 0 radical (unpaired) electrons. The fraction of sp³-hybridized carbons (Fsp3) is 0.516. The number of amides is 1. The molecule has 2 aromatic carbocycles. The minimum absolute atomic E-state index is 0.0866. The first kappa shape index (κ1) is 30.1. The molecule has 0 aliphatic carbocycles. The maximum absolute atomic E-state index is 11.8. The first-order valence-electron chi connectivity index (χ1n) is 13.7. The van der Waals surface area contributed by atoms with Crippen molar-refractivity contribution >= 4 is 30.2 Å². The smallest absolute Gasteiger partial charge is 0.219 e. The summed E-state index contributed by atoms with van der Waals surface area (Å²) in [5, 5.41) is 2.60. The van der Waals surface area contributed by atoms with Crippen molar-refractivity contribution < 1.29 is 14.4 Å². The molecular formula is C31H43N3O3S. The summed E-state index contributed by atoms with van der Waals surface area (Å²) in [7, 11) is 3.46. The van der Waals surface area contributed by atoms with Crippen molar-refractivity contribution in [1.82, 2.24) is 15.1 Å². The van der Waals surface area contributed by atoms with Crippen molar-refractivity contribution in [2.24, 2.45) is 11.8 Å². The topological polar surface area (TPSA) is 69.7 Å².